The average Bonchev–Trinajstić information content (AvgIpc) is 2.69. The lowest BCUT2D eigenvalue weighted by atomic mass is 9.98. The first-order valence-corrected chi connectivity index (χ1v) is 9.53. The zero-order chi connectivity index (χ0) is 18.2. The minimum atomic E-state index is -0.536. The van der Waals surface area contributed by atoms with Gasteiger partial charge in [0.25, 0.3) is 0 Å². The van der Waals surface area contributed by atoms with Crippen molar-refractivity contribution in [3.05, 3.63) is 65.7 Å². The van der Waals surface area contributed by atoms with Gasteiger partial charge in [0, 0.05) is 6.54 Å². The molecule has 2 aromatic carbocycles. The summed E-state index contributed by atoms with van der Waals surface area (Å²) in [6.45, 7) is 0.477. The van der Waals surface area contributed by atoms with Crippen LogP contribution in [0.3, 0.4) is 0 Å². The Bertz CT molecular complexity index is 685. The van der Waals surface area contributed by atoms with Gasteiger partial charge in [0.2, 0.25) is 5.91 Å². The first-order valence-electron chi connectivity index (χ1n) is 9.53. The van der Waals surface area contributed by atoms with Crippen molar-refractivity contribution in [1.82, 2.24) is 5.32 Å². The standard InChI is InChI=1S/C22H28N2O2.ClH/c23-21(15-17-7-3-1-4-8-17)22(25)24-16-18-11-13-20(14-12-18)26-19-9-5-2-6-10-19;/h1,3-4,7-8,11-14,19,21H,2,5-6,9-10,15-16,23H2,(H,24,25);1H/t21-;/m0./s1. The molecule has 0 unspecified atom stereocenters. The van der Waals surface area contributed by atoms with Gasteiger partial charge in [-0.2, -0.15) is 0 Å². The third kappa shape index (κ3) is 6.89. The molecular formula is C22H29ClN2O2. The van der Waals surface area contributed by atoms with Gasteiger partial charge in [0.1, 0.15) is 5.75 Å². The Kier molecular flexibility index (Phi) is 8.62. The van der Waals surface area contributed by atoms with Crippen LogP contribution < -0.4 is 15.8 Å². The summed E-state index contributed by atoms with van der Waals surface area (Å²) in [5.74, 6) is 0.782. The summed E-state index contributed by atoms with van der Waals surface area (Å²) >= 11 is 0. The van der Waals surface area contributed by atoms with Gasteiger partial charge in [0.15, 0.2) is 0 Å². The van der Waals surface area contributed by atoms with Crippen molar-refractivity contribution in [2.24, 2.45) is 5.73 Å². The number of carbonyl (C=O) groups excluding carboxylic acids is 1. The van der Waals surface area contributed by atoms with E-state index in [1.165, 1.54) is 19.3 Å². The largest absolute Gasteiger partial charge is 0.490 e. The fourth-order valence-electron chi connectivity index (χ4n) is 3.34. The number of amides is 1. The number of hydrogen-bond donors (Lipinski definition) is 2. The number of benzene rings is 2. The van der Waals surface area contributed by atoms with Crippen LogP contribution in [0.15, 0.2) is 54.6 Å². The number of rotatable bonds is 7. The van der Waals surface area contributed by atoms with Crippen LogP contribution in [0.1, 0.15) is 43.2 Å². The number of carbonyl (C=O) groups is 1. The number of nitrogens with one attached hydrogen (secondary N) is 1. The Labute approximate surface area is 167 Å². The summed E-state index contributed by atoms with van der Waals surface area (Å²) in [5.41, 5.74) is 8.12. The van der Waals surface area contributed by atoms with E-state index in [9.17, 15) is 4.79 Å². The van der Waals surface area contributed by atoms with E-state index in [1.54, 1.807) is 0 Å². The molecule has 27 heavy (non-hydrogen) atoms. The fourth-order valence-corrected chi connectivity index (χ4v) is 3.34. The second kappa shape index (κ2) is 11.0. The first kappa shape index (κ1) is 21.3. The van der Waals surface area contributed by atoms with E-state index < -0.39 is 6.04 Å². The van der Waals surface area contributed by atoms with Crippen LogP contribution in [0.4, 0.5) is 0 Å². The molecule has 1 atom stereocenters. The highest BCUT2D eigenvalue weighted by atomic mass is 35.5. The summed E-state index contributed by atoms with van der Waals surface area (Å²) in [6.07, 6.45) is 7.04. The molecule has 1 fully saturated rings. The Hall–Kier alpha value is -2.04. The Morgan fingerprint density at radius 3 is 2.33 bits per heavy atom. The average molecular weight is 389 g/mol. The van der Waals surface area contributed by atoms with Crippen molar-refractivity contribution >= 4 is 18.3 Å². The van der Waals surface area contributed by atoms with Crippen LogP contribution >= 0.6 is 12.4 Å². The van der Waals surface area contributed by atoms with Gasteiger partial charge in [-0.1, -0.05) is 48.9 Å². The van der Waals surface area contributed by atoms with Crippen LogP contribution in [-0.4, -0.2) is 18.1 Å². The van der Waals surface area contributed by atoms with E-state index in [0.717, 1.165) is 29.7 Å². The van der Waals surface area contributed by atoms with Crippen LogP contribution in [0.2, 0.25) is 0 Å². The Morgan fingerprint density at radius 2 is 1.67 bits per heavy atom. The van der Waals surface area contributed by atoms with Crippen molar-refractivity contribution < 1.29 is 9.53 Å². The molecule has 146 valence electrons. The summed E-state index contributed by atoms with van der Waals surface area (Å²) in [4.78, 5) is 12.2. The van der Waals surface area contributed by atoms with Crippen LogP contribution in [0.5, 0.6) is 5.75 Å². The lowest BCUT2D eigenvalue weighted by molar-refractivity contribution is -0.122. The van der Waals surface area contributed by atoms with Gasteiger partial charge < -0.3 is 15.8 Å². The topological polar surface area (TPSA) is 64.4 Å². The third-order valence-electron chi connectivity index (χ3n) is 4.88. The second-order valence-electron chi connectivity index (χ2n) is 7.04. The van der Waals surface area contributed by atoms with E-state index in [4.69, 9.17) is 10.5 Å². The van der Waals surface area contributed by atoms with Crippen molar-refractivity contribution in [2.75, 3.05) is 0 Å². The van der Waals surface area contributed by atoms with Gasteiger partial charge in [0.05, 0.1) is 12.1 Å². The molecule has 5 heteroatoms. The highest BCUT2D eigenvalue weighted by molar-refractivity contribution is 5.85. The maximum absolute atomic E-state index is 12.2. The van der Waals surface area contributed by atoms with E-state index in [1.807, 2.05) is 54.6 Å². The zero-order valence-corrected chi connectivity index (χ0v) is 16.4. The lowest BCUT2D eigenvalue weighted by Crippen LogP contribution is -2.41. The number of ether oxygens (including phenoxy) is 1. The van der Waals surface area contributed by atoms with Crippen molar-refractivity contribution in [2.45, 2.75) is 57.2 Å². The maximum Gasteiger partial charge on any atom is 0.237 e. The van der Waals surface area contributed by atoms with Gasteiger partial charge in [-0.3, -0.25) is 4.79 Å². The lowest BCUT2D eigenvalue weighted by Gasteiger charge is -2.23. The molecule has 0 aromatic heterocycles. The Morgan fingerprint density at radius 1 is 1.00 bits per heavy atom. The molecule has 0 heterocycles. The highest BCUT2D eigenvalue weighted by Gasteiger charge is 2.15. The SMILES string of the molecule is Cl.N[C@@H](Cc1ccccc1)C(=O)NCc1ccc(OC2CCCCC2)cc1. The van der Waals surface area contributed by atoms with Crippen molar-refractivity contribution in [1.29, 1.82) is 0 Å². The molecule has 3 N–H and O–H groups in total. The smallest absolute Gasteiger partial charge is 0.237 e. The molecule has 1 saturated carbocycles. The molecular weight excluding hydrogens is 360 g/mol. The monoisotopic (exact) mass is 388 g/mol. The summed E-state index contributed by atoms with van der Waals surface area (Å²) in [7, 11) is 0. The minimum Gasteiger partial charge on any atom is -0.490 e. The molecule has 0 aliphatic heterocycles. The van der Waals surface area contributed by atoms with Gasteiger partial charge in [-0.05, 0) is 55.4 Å². The molecule has 3 rings (SSSR count). The van der Waals surface area contributed by atoms with Crippen LogP contribution in [0.25, 0.3) is 0 Å². The van der Waals surface area contributed by atoms with E-state index in [0.29, 0.717) is 19.1 Å². The predicted octanol–water partition coefficient (Wildman–Crippen LogP) is 4.01. The molecule has 0 saturated heterocycles. The van der Waals surface area contributed by atoms with Crippen LogP contribution in [0, 0.1) is 0 Å². The van der Waals surface area contributed by atoms with E-state index in [2.05, 4.69) is 5.32 Å². The number of hydrogen-bond acceptors (Lipinski definition) is 3. The molecule has 1 aliphatic carbocycles. The normalized spacial score (nSPS) is 15.4. The van der Waals surface area contributed by atoms with Crippen molar-refractivity contribution in [3.63, 3.8) is 0 Å². The molecule has 0 spiro atoms. The third-order valence-corrected chi connectivity index (χ3v) is 4.88. The van der Waals surface area contributed by atoms with Gasteiger partial charge in [-0.25, -0.2) is 0 Å². The summed E-state index contributed by atoms with van der Waals surface area (Å²) in [5, 5.41) is 2.92. The van der Waals surface area contributed by atoms with E-state index >= 15 is 0 Å². The first-order chi connectivity index (χ1) is 12.7. The molecule has 1 amide bonds. The van der Waals surface area contributed by atoms with Gasteiger partial charge in [-0.15, -0.1) is 12.4 Å². The Balaban J connectivity index is 0.00000261. The summed E-state index contributed by atoms with van der Waals surface area (Å²) in [6, 6.07) is 17.3. The number of nitrogens with two attached hydrogens (primary N) is 1. The summed E-state index contributed by atoms with van der Waals surface area (Å²) < 4.78 is 6.03. The molecule has 1 aliphatic rings. The van der Waals surface area contributed by atoms with Crippen LogP contribution in [-0.2, 0) is 17.8 Å². The fraction of sp³-hybridized carbons (Fsp3) is 0.409. The van der Waals surface area contributed by atoms with Gasteiger partial charge >= 0.3 is 0 Å². The quantitative estimate of drug-likeness (QED) is 0.753. The number of halogens is 1. The molecule has 2 aromatic rings. The second-order valence-corrected chi connectivity index (χ2v) is 7.04. The van der Waals surface area contributed by atoms with Crippen molar-refractivity contribution in [3.8, 4) is 5.75 Å². The minimum absolute atomic E-state index is 0. The zero-order valence-electron chi connectivity index (χ0n) is 15.6. The molecule has 0 bridgehead atoms. The predicted molar refractivity (Wildman–Crippen MR) is 111 cm³/mol. The molecule has 0 radical (unpaired) electrons. The highest BCUT2D eigenvalue weighted by Crippen LogP contribution is 2.23. The molecule has 4 nitrogen and oxygen atoms in total. The van der Waals surface area contributed by atoms with E-state index in [-0.39, 0.29) is 18.3 Å². The maximum atomic E-state index is 12.2.